The van der Waals surface area contributed by atoms with Crippen LogP contribution in [0.4, 0.5) is 5.82 Å². The zero-order chi connectivity index (χ0) is 12.6. The van der Waals surface area contributed by atoms with Crippen LogP contribution >= 0.6 is 11.8 Å². The van der Waals surface area contributed by atoms with Gasteiger partial charge in [-0.2, -0.15) is 17.0 Å². The van der Waals surface area contributed by atoms with Crippen molar-refractivity contribution in [1.82, 2.24) is 4.57 Å². The lowest BCUT2D eigenvalue weighted by atomic mass is 10.2. The van der Waals surface area contributed by atoms with Crippen LogP contribution < -0.4 is 5.73 Å². The Kier molecular flexibility index (Phi) is 3.39. The van der Waals surface area contributed by atoms with Crippen molar-refractivity contribution in [3.8, 4) is 6.07 Å². The van der Waals surface area contributed by atoms with Gasteiger partial charge in [-0.25, -0.2) is 0 Å². The molecule has 2 atom stereocenters. The van der Waals surface area contributed by atoms with Crippen molar-refractivity contribution in [2.45, 2.75) is 44.4 Å². The molecule has 1 saturated carbocycles. The number of nitrogen functional groups attached to an aromatic ring is 1. The second kappa shape index (κ2) is 4.66. The van der Waals surface area contributed by atoms with Crippen LogP contribution in [0.25, 0.3) is 0 Å². The minimum absolute atomic E-state index is 0.480. The molecule has 0 radical (unpaired) electrons. The molecular weight excluding hydrogens is 230 g/mol. The Morgan fingerprint density at radius 2 is 2.12 bits per heavy atom. The molecule has 2 N–H and O–H groups in total. The van der Waals surface area contributed by atoms with E-state index in [0.29, 0.717) is 17.4 Å². The molecule has 1 aromatic rings. The first kappa shape index (κ1) is 12.4. The lowest BCUT2D eigenvalue weighted by Gasteiger charge is -2.17. The predicted octanol–water partition coefficient (Wildman–Crippen LogP) is 3.02. The maximum Gasteiger partial charge on any atom is 0.122 e. The van der Waals surface area contributed by atoms with E-state index in [1.165, 1.54) is 19.3 Å². The van der Waals surface area contributed by atoms with Crippen LogP contribution in [0.5, 0.6) is 0 Å². The number of hydrogen-bond acceptors (Lipinski definition) is 3. The van der Waals surface area contributed by atoms with Gasteiger partial charge in [-0.3, -0.25) is 0 Å². The largest absolute Gasteiger partial charge is 0.384 e. The molecular formula is C13H19N3S. The third kappa shape index (κ3) is 1.93. The van der Waals surface area contributed by atoms with Gasteiger partial charge in [0, 0.05) is 17.0 Å². The van der Waals surface area contributed by atoms with Gasteiger partial charge in [0.1, 0.15) is 11.9 Å². The van der Waals surface area contributed by atoms with Gasteiger partial charge >= 0.3 is 0 Å². The predicted molar refractivity (Wildman–Crippen MR) is 73.2 cm³/mol. The molecule has 0 bridgehead atoms. The van der Waals surface area contributed by atoms with Crippen LogP contribution in [0.2, 0.25) is 0 Å². The second-order valence-electron chi connectivity index (χ2n) is 4.78. The lowest BCUT2D eigenvalue weighted by Crippen LogP contribution is -2.11. The zero-order valence-electron chi connectivity index (χ0n) is 10.7. The van der Waals surface area contributed by atoms with Crippen molar-refractivity contribution in [2.75, 3.05) is 12.0 Å². The van der Waals surface area contributed by atoms with Crippen LogP contribution in [0.15, 0.2) is 0 Å². The van der Waals surface area contributed by atoms with Crippen LogP contribution in [-0.4, -0.2) is 16.1 Å². The summed E-state index contributed by atoms with van der Waals surface area (Å²) in [5.74, 6) is 0.661. The van der Waals surface area contributed by atoms with Gasteiger partial charge in [-0.1, -0.05) is 0 Å². The molecule has 2 rings (SSSR count). The molecule has 17 heavy (non-hydrogen) atoms. The van der Waals surface area contributed by atoms with Crippen molar-refractivity contribution < 1.29 is 0 Å². The third-order valence-electron chi connectivity index (χ3n) is 3.96. The fourth-order valence-electron chi connectivity index (χ4n) is 2.83. The molecule has 0 saturated heterocycles. The summed E-state index contributed by atoms with van der Waals surface area (Å²) >= 11 is 1.94. The molecule has 1 fully saturated rings. The Balaban J connectivity index is 2.38. The minimum Gasteiger partial charge on any atom is -0.384 e. The molecule has 0 amide bonds. The summed E-state index contributed by atoms with van der Waals surface area (Å²) in [6.07, 6.45) is 5.77. The van der Waals surface area contributed by atoms with Crippen molar-refractivity contribution >= 4 is 17.6 Å². The first-order valence-corrected chi connectivity index (χ1v) is 7.28. The molecule has 4 heteroatoms. The van der Waals surface area contributed by atoms with E-state index in [0.717, 1.165) is 16.5 Å². The van der Waals surface area contributed by atoms with Crippen molar-refractivity contribution in [3.05, 3.63) is 16.8 Å². The second-order valence-corrected chi connectivity index (χ2v) is 5.92. The normalized spacial score (nSPS) is 23.9. The topological polar surface area (TPSA) is 54.7 Å². The maximum absolute atomic E-state index is 9.13. The van der Waals surface area contributed by atoms with Crippen molar-refractivity contribution in [1.29, 1.82) is 5.26 Å². The Labute approximate surface area is 107 Å². The fraction of sp³-hybridized carbons (Fsp3) is 0.615. The molecule has 1 aliphatic rings. The number of rotatable bonds is 2. The Hall–Kier alpha value is -1.08. The van der Waals surface area contributed by atoms with Gasteiger partial charge in [-0.15, -0.1) is 0 Å². The molecule has 1 aromatic heterocycles. The van der Waals surface area contributed by atoms with Crippen LogP contribution in [0.3, 0.4) is 0 Å². The molecule has 0 aromatic carbocycles. The van der Waals surface area contributed by atoms with Crippen molar-refractivity contribution in [2.24, 2.45) is 0 Å². The minimum atomic E-state index is 0.480. The van der Waals surface area contributed by atoms with Gasteiger partial charge in [0.25, 0.3) is 0 Å². The summed E-state index contributed by atoms with van der Waals surface area (Å²) in [6, 6.07) is 2.70. The zero-order valence-corrected chi connectivity index (χ0v) is 11.5. The smallest absolute Gasteiger partial charge is 0.122 e. The van der Waals surface area contributed by atoms with E-state index in [4.69, 9.17) is 11.0 Å². The monoisotopic (exact) mass is 249 g/mol. The highest BCUT2D eigenvalue weighted by atomic mass is 32.2. The van der Waals surface area contributed by atoms with Gasteiger partial charge in [-0.05, 0) is 44.9 Å². The van der Waals surface area contributed by atoms with Gasteiger partial charge < -0.3 is 10.3 Å². The summed E-state index contributed by atoms with van der Waals surface area (Å²) in [5, 5.41) is 9.87. The lowest BCUT2D eigenvalue weighted by molar-refractivity contribution is 0.517. The Bertz CT molecular complexity index is 470. The maximum atomic E-state index is 9.13. The summed E-state index contributed by atoms with van der Waals surface area (Å²) in [7, 11) is 0. The van der Waals surface area contributed by atoms with Crippen molar-refractivity contribution in [3.63, 3.8) is 0 Å². The highest BCUT2D eigenvalue weighted by Gasteiger charge is 2.29. The number of hydrogen-bond donors (Lipinski definition) is 1. The number of nitrogens with zero attached hydrogens (tertiary/aromatic N) is 2. The van der Waals surface area contributed by atoms with E-state index in [1.54, 1.807) is 0 Å². The summed E-state index contributed by atoms with van der Waals surface area (Å²) in [4.78, 5) is 0. The van der Waals surface area contributed by atoms with E-state index in [-0.39, 0.29) is 0 Å². The van der Waals surface area contributed by atoms with Crippen LogP contribution in [0, 0.1) is 25.2 Å². The summed E-state index contributed by atoms with van der Waals surface area (Å²) in [5.41, 5.74) is 8.98. The highest BCUT2D eigenvalue weighted by molar-refractivity contribution is 7.99. The molecule has 0 spiro atoms. The molecule has 92 valence electrons. The van der Waals surface area contributed by atoms with E-state index in [9.17, 15) is 0 Å². The number of nitriles is 1. The first-order valence-electron chi connectivity index (χ1n) is 5.99. The molecule has 2 unspecified atom stereocenters. The Morgan fingerprint density at radius 3 is 2.59 bits per heavy atom. The molecule has 1 heterocycles. The molecule has 0 aliphatic heterocycles. The molecule has 1 aliphatic carbocycles. The average molecular weight is 249 g/mol. The number of anilines is 1. The SMILES string of the molecule is CSC1CCC(n2c(C)c(C)c(C#N)c2N)C1. The van der Waals surface area contributed by atoms with E-state index < -0.39 is 0 Å². The number of aromatic nitrogens is 1. The van der Waals surface area contributed by atoms with Crippen LogP contribution in [0.1, 0.15) is 42.1 Å². The van der Waals surface area contributed by atoms with E-state index in [2.05, 4.69) is 23.8 Å². The fourth-order valence-corrected chi connectivity index (χ4v) is 3.62. The summed E-state index contributed by atoms with van der Waals surface area (Å²) < 4.78 is 2.18. The number of thioether (sulfide) groups is 1. The third-order valence-corrected chi connectivity index (χ3v) is 5.06. The Morgan fingerprint density at radius 1 is 1.41 bits per heavy atom. The van der Waals surface area contributed by atoms with Gasteiger partial charge in [0.15, 0.2) is 0 Å². The highest BCUT2D eigenvalue weighted by Crippen LogP contribution is 2.40. The first-order chi connectivity index (χ1) is 8.10. The molecule has 3 nitrogen and oxygen atoms in total. The van der Waals surface area contributed by atoms with Gasteiger partial charge in [0.05, 0.1) is 5.56 Å². The van der Waals surface area contributed by atoms with Gasteiger partial charge in [0.2, 0.25) is 0 Å². The number of nitrogens with two attached hydrogens (primary N) is 1. The van der Waals surface area contributed by atoms with E-state index >= 15 is 0 Å². The quantitative estimate of drug-likeness (QED) is 0.876. The van der Waals surface area contributed by atoms with Crippen LogP contribution in [-0.2, 0) is 0 Å². The standard InChI is InChI=1S/C13H19N3S/c1-8-9(2)16(13(15)12(8)7-14)10-4-5-11(6-10)17-3/h10-11H,4-6,15H2,1-3H3. The average Bonchev–Trinajstić information content (AvgIpc) is 2.85. The van der Waals surface area contributed by atoms with E-state index in [1.807, 2.05) is 18.7 Å². The summed E-state index contributed by atoms with van der Waals surface area (Å²) in [6.45, 7) is 4.06.